The molecule has 0 bridgehead atoms. The molecule has 0 saturated heterocycles. The van der Waals surface area contributed by atoms with Crippen LogP contribution in [0.3, 0.4) is 0 Å². The number of hydrogen-bond acceptors (Lipinski definition) is 3. The molecule has 0 aliphatic carbocycles. The largest absolute Gasteiger partial charge is 0.497 e. The van der Waals surface area contributed by atoms with Gasteiger partial charge in [-0.15, -0.1) is 0 Å². The van der Waals surface area contributed by atoms with Crippen LogP contribution in [0.15, 0.2) is 53.3 Å². The summed E-state index contributed by atoms with van der Waals surface area (Å²) in [4.78, 5) is 15.0. The van der Waals surface area contributed by atoms with Gasteiger partial charge >= 0.3 is 0 Å². The van der Waals surface area contributed by atoms with Crippen LogP contribution in [0, 0.1) is 0 Å². The molecule has 22 heavy (non-hydrogen) atoms. The summed E-state index contributed by atoms with van der Waals surface area (Å²) < 4.78 is 5.18. The van der Waals surface area contributed by atoms with Gasteiger partial charge < -0.3 is 15.0 Å². The van der Waals surface area contributed by atoms with Gasteiger partial charge in [0.25, 0.3) is 5.56 Å². The van der Waals surface area contributed by atoms with E-state index in [0.29, 0.717) is 17.1 Å². The van der Waals surface area contributed by atoms with Crippen LogP contribution in [0.1, 0.15) is 5.56 Å². The monoisotopic (exact) mass is 314 g/mol. The van der Waals surface area contributed by atoms with Crippen molar-refractivity contribution in [2.75, 3.05) is 12.4 Å². The highest BCUT2D eigenvalue weighted by molar-refractivity contribution is 6.31. The number of nitrogens with one attached hydrogen (secondary N) is 2. The van der Waals surface area contributed by atoms with E-state index in [4.69, 9.17) is 16.3 Å². The summed E-state index contributed by atoms with van der Waals surface area (Å²) in [6, 6.07) is 14.8. The molecule has 0 spiro atoms. The summed E-state index contributed by atoms with van der Waals surface area (Å²) in [5, 5.41) is 4.78. The number of aromatic amines is 1. The van der Waals surface area contributed by atoms with Crippen LogP contribution in [0.5, 0.6) is 5.75 Å². The average molecular weight is 315 g/mol. The number of halogens is 1. The fourth-order valence-corrected chi connectivity index (χ4v) is 2.46. The van der Waals surface area contributed by atoms with Crippen LogP contribution in [-0.2, 0) is 6.54 Å². The molecule has 112 valence electrons. The molecule has 0 aliphatic rings. The van der Waals surface area contributed by atoms with Gasteiger partial charge in [0.2, 0.25) is 0 Å². The minimum atomic E-state index is -0.106. The topological polar surface area (TPSA) is 54.1 Å². The fourth-order valence-electron chi connectivity index (χ4n) is 2.28. The van der Waals surface area contributed by atoms with Crippen LogP contribution < -0.4 is 15.6 Å². The number of methoxy groups -OCH3 is 1. The molecular weight excluding hydrogens is 300 g/mol. The van der Waals surface area contributed by atoms with Gasteiger partial charge in [-0.1, -0.05) is 17.7 Å². The highest BCUT2D eigenvalue weighted by Gasteiger charge is 2.04. The Kier molecular flexibility index (Phi) is 4.02. The van der Waals surface area contributed by atoms with Gasteiger partial charge in [0.1, 0.15) is 5.75 Å². The highest BCUT2D eigenvalue weighted by Crippen LogP contribution is 2.19. The van der Waals surface area contributed by atoms with E-state index in [1.54, 1.807) is 19.2 Å². The van der Waals surface area contributed by atoms with Gasteiger partial charge in [-0.25, -0.2) is 0 Å². The summed E-state index contributed by atoms with van der Waals surface area (Å²) in [5.41, 5.74) is 2.22. The first-order valence-corrected chi connectivity index (χ1v) is 7.23. The van der Waals surface area contributed by atoms with E-state index in [-0.39, 0.29) is 5.56 Å². The molecule has 1 heterocycles. The van der Waals surface area contributed by atoms with Crippen LogP contribution in [0.2, 0.25) is 5.02 Å². The third kappa shape index (κ3) is 3.07. The van der Waals surface area contributed by atoms with Crippen LogP contribution >= 0.6 is 11.6 Å². The zero-order valence-corrected chi connectivity index (χ0v) is 12.8. The minimum Gasteiger partial charge on any atom is -0.497 e. The van der Waals surface area contributed by atoms with Crippen molar-refractivity contribution in [2.24, 2.45) is 0 Å². The lowest BCUT2D eigenvalue weighted by Crippen LogP contribution is -2.15. The second-order valence-corrected chi connectivity index (χ2v) is 5.38. The van der Waals surface area contributed by atoms with Crippen molar-refractivity contribution in [3.05, 3.63) is 69.5 Å². The van der Waals surface area contributed by atoms with E-state index in [1.165, 1.54) is 0 Å². The lowest BCUT2D eigenvalue weighted by molar-refractivity contribution is 0.415. The summed E-state index contributed by atoms with van der Waals surface area (Å²) in [5.74, 6) is 0.768. The maximum atomic E-state index is 12.1. The Balaban J connectivity index is 1.86. The van der Waals surface area contributed by atoms with Gasteiger partial charge in [-0.05, 0) is 36.4 Å². The van der Waals surface area contributed by atoms with Crippen molar-refractivity contribution >= 4 is 28.2 Å². The summed E-state index contributed by atoms with van der Waals surface area (Å²) >= 11 is 6.00. The van der Waals surface area contributed by atoms with E-state index in [2.05, 4.69) is 10.3 Å². The number of fused-ring (bicyclic) bond motifs is 1. The molecule has 3 aromatic rings. The van der Waals surface area contributed by atoms with E-state index < -0.39 is 0 Å². The first kappa shape index (κ1) is 14.5. The van der Waals surface area contributed by atoms with Crippen molar-refractivity contribution in [1.82, 2.24) is 4.98 Å². The molecule has 0 amide bonds. The lowest BCUT2D eigenvalue weighted by atomic mass is 10.1. The van der Waals surface area contributed by atoms with Crippen molar-refractivity contribution in [1.29, 1.82) is 0 Å². The number of ether oxygens (including phenoxy) is 1. The summed E-state index contributed by atoms with van der Waals surface area (Å²) in [6.07, 6.45) is 0. The average Bonchev–Trinajstić information content (AvgIpc) is 2.53. The smallest absolute Gasteiger partial charge is 0.253 e. The number of rotatable bonds is 4. The van der Waals surface area contributed by atoms with Gasteiger partial charge in [0.05, 0.1) is 7.11 Å². The van der Waals surface area contributed by atoms with Crippen LogP contribution in [0.4, 0.5) is 5.69 Å². The van der Waals surface area contributed by atoms with Crippen LogP contribution in [0.25, 0.3) is 10.9 Å². The maximum Gasteiger partial charge on any atom is 0.253 e. The Morgan fingerprint density at radius 3 is 2.86 bits per heavy atom. The van der Waals surface area contributed by atoms with E-state index in [9.17, 15) is 4.79 Å². The third-order valence-corrected chi connectivity index (χ3v) is 3.67. The zero-order chi connectivity index (χ0) is 15.5. The summed E-state index contributed by atoms with van der Waals surface area (Å²) in [7, 11) is 1.62. The molecule has 5 heteroatoms. The number of benzene rings is 2. The summed E-state index contributed by atoms with van der Waals surface area (Å²) in [6.45, 7) is 0.422. The van der Waals surface area contributed by atoms with E-state index in [0.717, 1.165) is 22.3 Å². The first-order chi connectivity index (χ1) is 10.7. The Labute approximate surface area is 132 Å². The molecular formula is C17H15ClN2O2. The molecule has 0 saturated carbocycles. The standard InChI is InChI=1S/C17H15ClN2O2/c1-22-15-4-2-3-14(9-15)19-10-12-7-11-8-13(18)5-6-16(11)20-17(12)21/h2-9,19H,10H2,1H3,(H,20,21). The number of anilines is 1. The number of H-pyrrole nitrogens is 1. The predicted octanol–water partition coefficient (Wildman–Crippen LogP) is 3.80. The molecule has 0 fully saturated rings. The molecule has 0 radical (unpaired) electrons. The normalized spacial score (nSPS) is 10.6. The predicted molar refractivity (Wildman–Crippen MR) is 89.9 cm³/mol. The molecule has 2 N–H and O–H groups in total. The second kappa shape index (κ2) is 6.12. The highest BCUT2D eigenvalue weighted by atomic mass is 35.5. The molecule has 3 rings (SSSR count). The molecule has 0 aliphatic heterocycles. The molecule has 4 nitrogen and oxygen atoms in total. The van der Waals surface area contributed by atoms with Crippen molar-refractivity contribution in [3.63, 3.8) is 0 Å². The van der Waals surface area contributed by atoms with Crippen molar-refractivity contribution in [2.45, 2.75) is 6.54 Å². The Hall–Kier alpha value is -2.46. The van der Waals surface area contributed by atoms with Crippen LogP contribution in [-0.4, -0.2) is 12.1 Å². The first-order valence-electron chi connectivity index (χ1n) is 6.85. The van der Waals surface area contributed by atoms with E-state index >= 15 is 0 Å². The van der Waals surface area contributed by atoms with Gasteiger partial charge in [-0.3, -0.25) is 4.79 Å². The SMILES string of the molecule is COc1cccc(NCc2cc3cc(Cl)ccc3[nH]c2=O)c1. The Morgan fingerprint density at radius 1 is 1.18 bits per heavy atom. The van der Waals surface area contributed by atoms with Crippen molar-refractivity contribution < 1.29 is 4.74 Å². The van der Waals surface area contributed by atoms with Crippen molar-refractivity contribution in [3.8, 4) is 5.75 Å². The number of pyridine rings is 1. The Bertz CT molecular complexity index is 874. The molecule has 2 aromatic carbocycles. The Morgan fingerprint density at radius 2 is 2.05 bits per heavy atom. The quantitative estimate of drug-likeness (QED) is 0.770. The zero-order valence-electron chi connectivity index (χ0n) is 12.0. The maximum absolute atomic E-state index is 12.1. The lowest BCUT2D eigenvalue weighted by Gasteiger charge is -2.08. The third-order valence-electron chi connectivity index (χ3n) is 3.44. The molecule has 0 unspecified atom stereocenters. The minimum absolute atomic E-state index is 0.106. The second-order valence-electron chi connectivity index (χ2n) is 4.94. The number of hydrogen-bond donors (Lipinski definition) is 2. The van der Waals surface area contributed by atoms with E-state index in [1.807, 2.05) is 36.4 Å². The molecule has 0 atom stereocenters. The fraction of sp³-hybridized carbons (Fsp3) is 0.118. The van der Waals surface area contributed by atoms with Gasteiger partial charge in [-0.2, -0.15) is 0 Å². The van der Waals surface area contributed by atoms with Gasteiger partial charge in [0.15, 0.2) is 0 Å². The van der Waals surface area contributed by atoms with Gasteiger partial charge in [0, 0.05) is 39.8 Å². The molecule has 1 aromatic heterocycles. The number of aromatic nitrogens is 1.